The third kappa shape index (κ3) is 5.68. The molecule has 0 atom stereocenters. The predicted molar refractivity (Wildman–Crippen MR) is 135 cm³/mol. The number of para-hydroxylation sites is 2. The number of anilines is 2. The molecule has 39 heavy (non-hydrogen) atoms. The summed E-state index contributed by atoms with van der Waals surface area (Å²) in [6, 6.07) is 14.5. The van der Waals surface area contributed by atoms with E-state index < -0.39 is 48.3 Å². The number of nitrogens with zero attached hydrogens (tertiary/aromatic N) is 4. The molecule has 0 aliphatic carbocycles. The zero-order valence-electron chi connectivity index (χ0n) is 20.6. The largest absolute Gasteiger partial charge is 0.454 e. The Morgan fingerprint density at radius 2 is 1.72 bits per heavy atom. The quantitative estimate of drug-likeness (QED) is 0.323. The molecule has 0 spiro atoms. The Kier molecular flexibility index (Phi) is 7.56. The molecule has 2 heterocycles. The zero-order chi connectivity index (χ0) is 28.3. The Balaban J connectivity index is 1.54. The van der Waals surface area contributed by atoms with E-state index in [0.29, 0.717) is 10.1 Å². The van der Waals surface area contributed by atoms with E-state index in [1.54, 1.807) is 30.3 Å². The first kappa shape index (κ1) is 27.2. The monoisotopic (exact) mass is 544 g/mol. The van der Waals surface area contributed by atoms with Gasteiger partial charge in [0.15, 0.2) is 12.3 Å². The number of ether oxygens (including phenoxy) is 1. The summed E-state index contributed by atoms with van der Waals surface area (Å²) in [4.78, 5) is 57.0. The Hall–Kier alpha value is -4.88. The van der Waals surface area contributed by atoms with Gasteiger partial charge in [0.1, 0.15) is 12.4 Å². The van der Waals surface area contributed by atoms with E-state index in [2.05, 4.69) is 9.97 Å². The number of hydrogen-bond donors (Lipinski definition) is 2. The Bertz CT molecular complexity index is 1640. The molecule has 0 saturated carbocycles. The highest BCUT2D eigenvalue weighted by atomic mass is 19.4. The van der Waals surface area contributed by atoms with Crippen LogP contribution in [0.4, 0.5) is 24.7 Å². The summed E-state index contributed by atoms with van der Waals surface area (Å²) in [6.45, 7) is -0.302. The minimum Gasteiger partial charge on any atom is -0.454 e. The number of H-pyrrole nitrogens is 1. The first-order chi connectivity index (χ1) is 18.5. The van der Waals surface area contributed by atoms with Crippen LogP contribution in [0.25, 0.3) is 11.0 Å². The number of hydrogen-bond acceptors (Lipinski definition) is 7. The Labute approximate surface area is 218 Å². The van der Waals surface area contributed by atoms with Crippen molar-refractivity contribution in [1.29, 1.82) is 0 Å². The van der Waals surface area contributed by atoms with Crippen molar-refractivity contribution in [3.05, 3.63) is 86.8 Å². The van der Waals surface area contributed by atoms with Crippen molar-refractivity contribution in [3.8, 4) is 0 Å². The molecule has 204 valence electrons. The van der Waals surface area contributed by atoms with Crippen LogP contribution in [0.3, 0.4) is 0 Å². The molecule has 0 aliphatic rings. The third-order valence-corrected chi connectivity index (χ3v) is 5.84. The molecule has 11 nitrogen and oxygen atoms in total. The number of alkyl halides is 3. The van der Waals surface area contributed by atoms with Gasteiger partial charge >= 0.3 is 17.8 Å². The zero-order valence-corrected chi connectivity index (χ0v) is 20.6. The minimum absolute atomic E-state index is 0.0103. The minimum atomic E-state index is -4.84. The number of nitrogens with one attached hydrogen (secondary N) is 1. The normalized spacial score (nSPS) is 11.5. The van der Waals surface area contributed by atoms with Crippen molar-refractivity contribution >= 4 is 34.4 Å². The molecule has 3 N–H and O–H groups in total. The summed E-state index contributed by atoms with van der Waals surface area (Å²) in [5, 5.41) is 0. The second-order valence-electron chi connectivity index (χ2n) is 8.37. The van der Waals surface area contributed by atoms with Gasteiger partial charge in [0.2, 0.25) is 5.82 Å². The molecule has 2 aromatic carbocycles. The molecule has 0 aliphatic heterocycles. The first-order valence-electron chi connectivity index (χ1n) is 11.7. The summed E-state index contributed by atoms with van der Waals surface area (Å²) in [7, 11) is 0. The van der Waals surface area contributed by atoms with Crippen molar-refractivity contribution in [2.45, 2.75) is 26.2 Å². The smallest absolute Gasteiger partial charge is 0.449 e. The fourth-order valence-electron chi connectivity index (χ4n) is 4.07. The van der Waals surface area contributed by atoms with E-state index >= 15 is 0 Å². The maximum Gasteiger partial charge on any atom is 0.449 e. The van der Waals surface area contributed by atoms with E-state index in [1.807, 2.05) is 0 Å². The number of nitrogen functional groups attached to an aromatic ring is 1. The van der Waals surface area contributed by atoms with Gasteiger partial charge in [0.05, 0.1) is 17.6 Å². The van der Waals surface area contributed by atoms with Crippen molar-refractivity contribution < 1.29 is 27.5 Å². The highest BCUT2D eigenvalue weighted by Gasteiger charge is 2.38. The van der Waals surface area contributed by atoms with Crippen molar-refractivity contribution in [2.24, 2.45) is 0 Å². The summed E-state index contributed by atoms with van der Waals surface area (Å²) < 4.78 is 47.2. The van der Waals surface area contributed by atoms with E-state index in [-0.39, 0.29) is 35.6 Å². The van der Waals surface area contributed by atoms with Gasteiger partial charge in [-0.2, -0.15) is 13.2 Å². The fourth-order valence-corrected chi connectivity index (χ4v) is 4.07. The molecule has 0 saturated heterocycles. The molecular formula is C25H23F3N6O5. The number of carbonyl (C=O) groups is 2. The number of aromatic nitrogens is 4. The van der Waals surface area contributed by atoms with Gasteiger partial charge in [-0.25, -0.2) is 9.78 Å². The van der Waals surface area contributed by atoms with Crippen LogP contribution in [0.2, 0.25) is 0 Å². The lowest BCUT2D eigenvalue weighted by molar-refractivity contribution is -0.152. The van der Waals surface area contributed by atoms with Crippen LogP contribution in [0, 0.1) is 0 Å². The topological polar surface area (TPSA) is 145 Å². The van der Waals surface area contributed by atoms with E-state index in [4.69, 9.17) is 10.5 Å². The molecule has 4 aromatic rings. The number of likely N-dealkylation sites (N-methyl/N-ethyl adjacent to an activating group) is 1. The van der Waals surface area contributed by atoms with Crippen LogP contribution in [0.5, 0.6) is 0 Å². The molecule has 0 unspecified atom stereocenters. The number of esters is 1. The maximum atomic E-state index is 13.5. The van der Waals surface area contributed by atoms with Crippen molar-refractivity contribution in [1.82, 2.24) is 19.1 Å². The lowest BCUT2D eigenvalue weighted by Crippen LogP contribution is -2.42. The van der Waals surface area contributed by atoms with Crippen molar-refractivity contribution in [2.75, 3.05) is 23.8 Å². The molecule has 2 aromatic heterocycles. The first-order valence-corrected chi connectivity index (χ1v) is 11.7. The number of halogens is 3. The molecule has 0 radical (unpaired) electrons. The van der Waals surface area contributed by atoms with Gasteiger partial charge in [-0.15, -0.1) is 0 Å². The highest BCUT2D eigenvalue weighted by Crippen LogP contribution is 2.31. The summed E-state index contributed by atoms with van der Waals surface area (Å²) in [5.74, 6) is -3.58. The Morgan fingerprint density at radius 1 is 1.05 bits per heavy atom. The van der Waals surface area contributed by atoms with Crippen LogP contribution in [0.15, 0.2) is 64.2 Å². The standard InChI is InChI=1S/C25H23F3N6O5/c1-2-32(20-21(29)34(24(38)31-22(20)37)12-15-8-4-3-5-9-15)18(35)14-39-19(36)13-33-17-11-7-6-10-16(17)30-23(33)25(26,27)28/h3-11H,2,12-14,29H2,1H3,(H,31,37,38). The van der Waals surface area contributed by atoms with Gasteiger partial charge in [-0.3, -0.25) is 23.9 Å². The number of amides is 1. The number of benzene rings is 2. The molecular weight excluding hydrogens is 521 g/mol. The predicted octanol–water partition coefficient (Wildman–Crippen LogP) is 2.13. The molecule has 0 bridgehead atoms. The van der Waals surface area contributed by atoms with Gasteiger partial charge in [0, 0.05) is 6.54 Å². The number of imidazole rings is 1. The van der Waals surface area contributed by atoms with Crippen LogP contribution in [-0.4, -0.2) is 44.1 Å². The molecule has 14 heteroatoms. The average molecular weight is 544 g/mol. The number of nitrogens with two attached hydrogens (primary N) is 1. The van der Waals surface area contributed by atoms with Crippen molar-refractivity contribution in [3.63, 3.8) is 0 Å². The summed E-state index contributed by atoms with van der Waals surface area (Å²) >= 11 is 0. The molecule has 1 amide bonds. The molecule has 0 fully saturated rings. The van der Waals surface area contributed by atoms with Crippen LogP contribution in [-0.2, 0) is 33.6 Å². The number of rotatable bonds is 8. The van der Waals surface area contributed by atoms with Gasteiger partial charge in [-0.05, 0) is 24.6 Å². The summed E-state index contributed by atoms with van der Waals surface area (Å²) in [5.41, 5.74) is 4.89. The van der Waals surface area contributed by atoms with Crippen LogP contribution in [0.1, 0.15) is 18.3 Å². The maximum absolute atomic E-state index is 13.5. The second-order valence-corrected chi connectivity index (χ2v) is 8.37. The second kappa shape index (κ2) is 10.8. The highest BCUT2D eigenvalue weighted by molar-refractivity contribution is 5.97. The summed E-state index contributed by atoms with van der Waals surface area (Å²) in [6.07, 6.45) is -4.84. The van der Waals surface area contributed by atoms with Crippen LogP contribution < -0.4 is 21.9 Å². The fraction of sp³-hybridized carbons (Fsp3) is 0.240. The SMILES string of the molecule is CCN(C(=O)COC(=O)Cn1c(C(F)(F)F)nc2ccccc21)c1c(N)n(Cc2ccccc2)c(=O)[nH]c1=O. The lowest BCUT2D eigenvalue weighted by atomic mass is 10.2. The van der Waals surface area contributed by atoms with E-state index in [9.17, 15) is 32.3 Å². The molecule has 4 rings (SSSR count). The van der Waals surface area contributed by atoms with Gasteiger partial charge in [0.25, 0.3) is 11.5 Å². The third-order valence-electron chi connectivity index (χ3n) is 5.84. The van der Waals surface area contributed by atoms with Gasteiger partial charge in [-0.1, -0.05) is 42.5 Å². The number of fused-ring (bicyclic) bond motifs is 1. The van der Waals surface area contributed by atoms with Gasteiger partial charge < -0.3 is 19.9 Å². The van der Waals surface area contributed by atoms with E-state index in [0.717, 1.165) is 9.47 Å². The average Bonchev–Trinajstić information content (AvgIpc) is 3.27. The lowest BCUT2D eigenvalue weighted by Gasteiger charge is -2.23. The number of carbonyl (C=O) groups excluding carboxylic acids is 2. The number of aromatic amines is 1. The Morgan fingerprint density at radius 3 is 2.38 bits per heavy atom. The van der Waals surface area contributed by atoms with E-state index in [1.165, 1.54) is 31.2 Å². The van der Waals surface area contributed by atoms with Crippen LogP contribution >= 0.6 is 0 Å².